The van der Waals surface area contributed by atoms with E-state index in [1.54, 1.807) is 0 Å². The second-order valence-corrected chi connectivity index (χ2v) is 18.6. The zero-order valence-corrected chi connectivity index (χ0v) is 39.4. The highest BCUT2D eigenvalue weighted by molar-refractivity contribution is 5.75. The Kier molecular flexibility index (Phi) is 20.7. The van der Waals surface area contributed by atoms with Gasteiger partial charge in [0.1, 0.15) is 152 Å². The summed E-state index contributed by atoms with van der Waals surface area (Å²) in [7, 11) is 0. The molecule has 7 rings (SSSR count). The Morgan fingerprint density at radius 3 is 1.18 bits per heavy atom. The molecule has 1 aromatic heterocycles. The van der Waals surface area contributed by atoms with Crippen LogP contribution in [0, 0.1) is 11.6 Å². The van der Waals surface area contributed by atoms with Gasteiger partial charge in [-0.2, -0.15) is 0 Å². The molecule has 17 unspecified atom stereocenters. The van der Waals surface area contributed by atoms with Crippen LogP contribution < -0.4 is 0 Å². The van der Waals surface area contributed by atoms with Crippen molar-refractivity contribution in [3.8, 4) is 0 Å². The molecular weight excluding hydrogens is 1050 g/mol. The number of benzene rings is 1. The SMILES string of the molecule is OCC(O)[C@@H](O[C@H]1OC(CO)[C@@H](O[C@H]2OC(CO)[C@@H](O[C@H]3OC(CO)[C@@H](O[C@H]4OC(CO)[C@@H](O[C@H]5OC(CO)[C@@H](O)[C@H](O)C5O)C(O)C4O)C(O)C3O)C(O)C2O)C(O)C1O)C(O)C(O)c1nc2cc(F)c(F)cc2[nH]1. The molecule has 5 aliphatic heterocycles. The average molecular weight is 1110 g/mol. The Morgan fingerprint density at radius 1 is 0.461 bits per heavy atom. The molecule has 5 fully saturated rings. The Balaban J connectivity index is 0.966. The number of aromatic amines is 1. The van der Waals surface area contributed by atoms with Crippen LogP contribution in [-0.4, -0.2) is 324 Å². The number of imidazole rings is 1. The Hall–Kier alpha value is -2.65. The van der Waals surface area contributed by atoms with Crippen LogP contribution in [0.5, 0.6) is 0 Å². The van der Waals surface area contributed by atoms with Gasteiger partial charge in [-0.25, -0.2) is 13.8 Å². The number of nitrogens with one attached hydrogen (secondary N) is 1. The molecule has 0 radical (unpaired) electrons. The summed E-state index contributed by atoms with van der Waals surface area (Å²) in [5.74, 6) is -3.06. The zero-order chi connectivity index (χ0) is 55.8. The third kappa shape index (κ3) is 12.3. The highest BCUT2D eigenvalue weighted by Crippen LogP contribution is 2.37. The van der Waals surface area contributed by atoms with Crippen molar-refractivity contribution in [2.45, 2.75) is 178 Å². The molecule has 436 valence electrons. The van der Waals surface area contributed by atoms with Crippen molar-refractivity contribution in [2.75, 3.05) is 39.6 Å². The lowest BCUT2D eigenvalue weighted by Gasteiger charge is -2.49. The summed E-state index contributed by atoms with van der Waals surface area (Å²) in [5.41, 5.74) is -0.300. The second-order valence-electron chi connectivity index (χ2n) is 18.6. The van der Waals surface area contributed by atoms with E-state index in [1.165, 1.54) is 0 Å². The molecular formula is C42H64F2N2O30. The lowest BCUT2D eigenvalue weighted by molar-refractivity contribution is -0.394. The van der Waals surface area contributed by atoms with E-state index in [9.17, 15) is 111 Å². The van der Waals surface area contributed by atoms with Crippen molar-refractivity contribution < 1.29 is 158 Å². The molecule has 2 aromatic rings. The Labute approximate surface area is 426 Å². The number of aliphatic hydroxyl groups excluding tert-OH is 20. The molecule has 5 aliphatic rings. The van der Waals surface area contributed by atoms with E-state index >= 15 is 0 Å². The lowest BCUT2D eigenvalue weighted by atomic mass is 9.95. The first-order valence-electron chi connectivity index (χ1n) is 23.6. The van der Waals surface area contributed by atoms with Gasteiger partial charge in [0, 0.05) is 12.1 Å². The smallest absolute Gasteiger partial charge is 0.187 e. The summed E-state index contributed by atoms with van der Waals surface area (Å²) in [6.45, 7) is -6.17. The van der Waals surface area contributed by atoms with Gasteiger partial charge in [0.2, 0.25) is 0 Å². The number of nitrogens with zero attached hydrogens (tertiary/aromatic N) is 1. The van der Waals surface area contributed by atoms with Crippen LogP contribution >= 0.6 is 0 Å². The molecule has 0 amide bonds. The van der Waals surface area contributed by atoms with E-state index in [1.807, 2.05) is 0 Å². The molecule has 34 heteroatoms. The second kappa shape index (κ2) is 25.9. The summed E-state index contributed by atoms with van der Waals surface area (Å²) in [6.07, 6.45) is -57.7. The summed E-state index contributed by atoms with van der Waals surface area (Å²) in [4.78, 5) is 6.34. The highest BCUT2D eigenvalue weighted by Gasteiger charge is 2.57. The summed E-state index contributed by atoms with van der Waals surface area (Å²) >= 11 is 0. The van der Waals surface area contributed by atoms with E-state index in [-0.39, 0.29) is 11.0 Å². The first-order chi connectivity index (χ1) is 36.0. The minimum absolute atomic E-state index is 0.115. The van der Waals surface area contributed by atoms with Crippen LogP contribution in [0.25, 0.3) is 11.0 Å². The van der Waals surface area contributed by atoms with E-state index < -0.39 is 235 Å². The van der Waals surface area contributed by atoms with Gasteiger partial charge in [-0.05, 0) is 0 Å². The number of H-pyrrole nitrogens is 1. The van der Waals surface area contributed by atoms with Crippen LogP contribution in [0.4, 0.5) is 8.78 Å². The monoisotopic (exact) mass is 1110 g/mol. The van der Waals surface area contributed by atoms with Gasteiger partial charge in [-0.3, -0.25) is 0 Å². The van der Waals surface area contributed by atoms with Crippen LogP contribution in [0.2, 0.25) is 0 Å². The molecule has 0 spiro atoms. The number of aliphatic hydroxyl groups is 20. The predicted octanol–water partition coefficient (Wildman–Crippen LogP) is -11.9. The van der Waals surface area contributed by atoms with Crippen molar-refractivity contribution >= 4 is 11.0 Å². The van der Waals surface area contributed by atoms with Crippen molar-refractivity contribution in [2.24, 2.45) is 0 Å². The van der Waals surface area contributed by atoms with E-state index in [4.69, 9.17) is 47.4 Å². The van der Waals surface area contributed by atoms with Gasteiger partial charge in [0.25, 0.3) is 0 Å². The van der Waals surface area contributed by atoms with Crippen LogP contribution in [-0.2, 0) is 47.4 Å². The number of ether oxygens (including phenoxy) is 10. The maximum absolute atomic E-state index is 13.8. The normalized spacial score (nSPS) is 44.2. The number of fused-ring (bicyclic) bond motifs is 1. The molecule has 1 aromatic carbocycles. The standard InChI is InChI=1S/C42H64F2N2O30/c43-9-1-11-12(2-10(9)44)46-37(45-11)26(61)21(56)32(13(53)3-47)72-39-28(63)22(57)34(15(5-49)68-39)74-41-30(65)24(59)36(17(7-51)70-41)76-42-31(66)25(60)35(18(8-52)71-42)75-40-29(64)23(58)33(16(6-50)69-40)73-38-27(62)20(55)19(54)14(4-48)67-38/h1-2,13-36,38-42,47-66H,3-8H2,(H,45,46)/t13?,14?,15?,16?,17?,18?,19-,20+,21?,22?,23?,24?,25?,26?,27?,28?,29?,30?,31?,32-,33-,34-,35-,36-,38-,39-,40-,41-,42-/m1/s1. The van der Waals surface area contributed by atoms with Crippen molar-refractivity contribution in [3.63, 3.8) is 0 Å². The zero-order valence-electron chi connectivity index (χ0n) is 39.4. The number of rotatable bonds is 20. The molecule has 21 N–H and O–H groups in total. The molecule has 76 heavy (non-hydrogen) atoms. The van der Waals surface area contributed by atoms with Crippen LogP contribution in [0.3, 0.4) is 0 Å². The van der Waals surface area contributed by atoms with E-state index in [0.29, 0.717) is 12.1 Å². The first kappa shape index (κ1) is 61.0. The fourth-order valence-electron chi connectivity index (χ4n) is 9.30. The highest BCUT2D eigenvalue weighted by atomic mass is 19.2. The Bertz CT molecular complexity index is 2100. The number of aromatic nitrogens is 2. The minimum atomic E-state index is -2.27. The summed E-state index contributed by atoms with van der Waals surface area (Å²) < 4.78 is 83.2. The molecule has 32 nitrogen and oxygen atoms in total. The third-order valence-corrected chi connectivity index (χ3v) is 13.6. The fraction of sp³-hybridized carbons (Fsp3) is 0.833. The summed E-state index contributed by atoms with van der Waals surface area (Å²) in [5, 5.41) is 213. The molecule has 0 bridgehead atoms. The van der Waals surface area contributed by atoms with Gasteiger partial charge in [0.15, 0.2) is 43.1 Å². The van der Waals surface area contributed by atoms with Crippen LogP contribution in [0.15, 0.2) is 12.1 Å². The van der Waals surface area contributed by atoms with Crippen LogP contribution in [0.1, 0.15) is 11.9 Å². The lowest BCUT2D eigenvalue weighted by Crippen LogP contribution is -2.68. The fourth-order valence-corrected chi connectivity index (χ4v) is 9.30. The largest absolute Gasteiger partial charge is 0.394 e. The number of hydrogen-bond acceptors (Lipinski definition) is 31. The van der Waals surface area contributed by atoms with E-state index in [0.717, 1.165) is 0 Å². The number of halogens is 2. The van der Waals surface area contributed by atoms with Crippen molar-refractivity contribution in [1.29, 1.82) is 0 Å². The summed E-state index contributed by atoms with van der Waals surface area (Å²) in [6, 6.07) is 1.39. The van der Waals surface area contributed by atoms with Gasteiger partial charge < -0.3 is 154 Å². The van der Waals surface area contributed by atoms with Gasteiger partial charge in [-0.15, -0.1) is 0 Å². The number of hydrogen-bond donors (Lipinski definition) is 21. The van der Waals surface area contributed by atoms with Gasteiger partial charge >= 0.3 is 0 Å². The maximum atomic E-state index is 13.8. The third-order valence-electron chi connectivity index (χ3n) is 13.6. The molecule has 5 saturated heterocycles. The Morgan fingerprint density at radius 2 is 0.803 bits per heavy atom. The maximum Gasteiger partial charge on any atom is 0.187 e. The molecule has 29 atom stereocenters. The first-order valence-corrected chi connectivity index (χ1v) is 23.6. The molecule has 6 heterocycles. The van der Waals surface area contributed by atoms with Gasteiger partial charge in [0.05, 0.1) is 50.7 Å². The predicted molar refractivity (Wildman–Crippen MR) is 229 cm³/mol. The molecule has 0 aliphatic carbocycles. The van der Waals surface area contributed by atoms with Crippen molar-refractivity contribution in [3.05, 3.63) is 29.6 Å². The van der Waals surface area contributed by atoms with Crippen molar-refractivity contribution in [1.82, 2.24) is 9.97 Å². The average Bonchev–Trinajstić information content (AvgIpc) is 3.82. The topological polar surface area (TPSA) is 526 Å². The quantitative estimate of drug-likeness (QED) is 0.0585. The minimum Gasteiger partial charge on any atom is -0.394 e. The van der Waals surface area contributed by atoms with E-state index in [2.05, 4.69) is 9.97 Å². The molecule has 0 saturated carbocycles. The van der Waals surface area contributed by atoms with Gasteiger partial charge in [-0.1, -0.05) is 0 Å².